The average molecular weight is 535 g/mol. The van der Waals surface area contributed by atoms with Gasteiger partial charge in [-0.1, -0.05) is 66.7 Å². The number of benzene rings is 3. The summed E-state index contributed by atoms with van der Waals surface area (Å²) < 4.78 is 29.1. The molecule has 1 aliphatic carbocycles. The molecule has 0 amide bonds. The van der Waals surface area contributed by atoms with Crippen molar-refractivity contribution in [1.82, 2.24) is 4.98 Å². The molecule has 188 valence electrons. The number of pyridine rings is 1. The Kier molecular flexibility index (Phi) is 6.66. The van der Waals surface area contributed by atoms with E-state index in [-0.39, 0.29) is 4.21 Å². The van der Waals surface area contributed by atoms with Gasteiger partial charge in [0.25, 0.3) is 10.0 Å². The van der Waals surface area contributed by atoms with E-state index in [2.05, 4.69) is 64.3 Å². The second kappa shape index (κ2) is 10.4. The first-order valence-corrected chi connectivity index (χ1v) is 14.9. The van der Waals surface area contributed by atoms with Crippen LogP contribution in [0.5, 0.6) is 0 Å². The molecule has 0 atom stereocenters. The highest BCUT2D eigenvalue weighted by atomic mass is 32.2. The van der Waals surface area contributed by atoms with E-state index in [0.29, 0.717) is 5.69 Å². The molecule has 2 aromatic heterocycles. The van der Waals surface area contributed by atoms with Gasteiger partial charge in [0.15, 0.2) is 0 Å². The first-order chi connectivity index (χ1) is 18.6. The summed E-state index contributed by atoms with van der Waals surface area (Å²) >= 11 is 1.21. The van der Waals surface area contributed by atoms with Crippen LogP contribution in [-0.2, 0) is 22.9 Å². The molecule has 0 spiro atoms. The Morgan fingerprint density at radius 1 is 0.737 bits per heavy atom. The van der Waals surface area contributed by atoms with Gasteiger partial charge in [0.2, 0.25) is 0 Å². The number of nitrogens with one attached hydrogen (secondary N) is 1. The molecule has 0 bridgehead atoms. The number of nitrogens with zero attached hydrogens (tertiary/aromatic N) is 1. The van der Waals surface area contributed by atoms with E-state index in [0.717, 1.165) is 35.4 Å². The Hall–Kier alpha value is -4.00. The Balaban J connectivity index is 1.29. The smallest absolute Gasteiger partial charge is 0.271 e. The Labute approximate surface area is 227 Å². The first kappa shape index (κ1) is 24.3. The lowest BCUT2D eigenvalue weighted by Crippen LogP contribution is -2.11. The van der Waals surface area contributed by atoms with Crippen LogP contribution in [-0.4, -0.2) is 13.4 Å². The molecule has 5 aromatic rings. The van der Waals surface area contributed by atoms with Gasteiger partial charge in [0.1, 0.15) is 4.21 Å². The van der Waals surface area contributed by atoms with Crippen LogP contribution >= 0.6 is 11.3 Å². The summed E-state index contributed by atoms with van der Waals surface area (Å²) in [6.07, 6.45) is 7.14. The standard InChI is InChI=1S/C32H26N2O2S2/c35-38(36,32-20-19-31(37-32)30-14-5-6-21-33-30)34-26-17-15-23(16-18-26)22-29-27-12-3-1-8-24(27)10-7-11-25-9-2-4-13-28(25)29/h1-6,8-9,12-22,34H,7,10-11H2. The lowest BCUT2D eigenvalue weighted by Gasteiger charge is -2.20. The van der Waals surface area contributed by atoms with E-state index in [4.69, 9.17) is 0 Å². The lowest BCUT2D eigenvalue weighted by atomic mass is 9.84. The highest BCUT2D eigenvalue weighted by Crippen LogP contribution is 2.35. The largest absolute Gasteiger partial charge is 0.279 e. The topological polar surface area (TPSA) is 59.1 Å². The Morgan fingerprint density at radius 3 is 2.05 bits per heavy atom. The minimum Gasteiger partial charge on any atom is -0.279 e. The summed E-state index contributed by atoms with van der Waals surface area (Å²) in [5.74, 6) is 0. The number of thiophene rings is 1. The number of aromatic nitrogens is 1. The summed E-state index contributed by atoms with van der Waals surface area (Å²) in [6.45, 7) is 0. The maximum absolute atomic E-state index is 13.1. The molecule has 0 radical (unpaired) electrons. The third kappa shape index (κ3) is 5.05. The third-order valence-corrected chi connectivity index (χ3v) is 9.73. The summed E-state index contributed by atoms with van der Waals surface area (Å²) in [5.41, 5.74) is 8.73. The van der Waals surface area contributed by atoms with E-state index in [1.54, 1.807) is 18.3 Å². The summed E-state index contributed by atoms with van der Waals surface area (Å²) in [7, 11) is -3.70. The second-order valence-electron chi connectivity index (χ2n) is 9.29. The molecule has 6 rings (SSSR count). The van der Waals surface area contributed by atoms with Crippen LogP contribution in [0.1, 0.15) is 34.2 Å². The van der Waals surface area contributed by atoms with Crippen molar-refractivity contribution < 1.29 is 8.42 Å². The SMILES string of the molecule is O=S(=O)(Nc1ccc(C=C2c3ccccc3CCCc3ccccc32)cc1)c1ccc(-c2ccccn2)s1. The van der Waals surface area contributed by atoms with Crippen LogP contribution in [0.4, 0.5) is 5.69 Å². The van der Waals surface area contributed by atoms with Gasteiger partial charge in [0.05, 0.1) is 10.6 Å². The van der Waals surface area contributed by atoms with Crippen LogP contribution < -0.4 is 4.72 Å². The molecular weight excluding hydrogens is 508 g/mol. The Bertz CT molecular complexity index is 1670. The van der Waals surface area contributed by atoms with E-state index in [1.165, 1.54) is 39.2 Å². The van der Waals surface area contributed by atoms with Crippen molar-refractivity contribution in [2.75, 3.05) is 4.72 Å². The van der Waals surface area contributed by atoms with Crippen molar-refractivity contribution in [2.24, 2.45) is 0 Å². The zero-order valence-electron chi connectivity index (χ0n) is 20.7. The first-order valence-electron chi connectivity index (χ1n) is 12.6. The molecule has 3 aromatic carbocycles. The molecule has 0 aliphatic heterocycles. The van der Waals surface area contributed by atoms with Crippen molar-refractivity contribution in [3.05, 3.63) is 137 Å². The number of anilines is 1. The van der Waals surface area contributed by atoms with Gasteiger partial charge in [-0.25, -0.2) is 8.42 Å². The summed E-state index contributed by atoms with van der Waals surface area (Å²) in [4.78, 5) is 5.13. The fourth-order valence-corrected chi connectivity index (χ4v) is 7.24. The predicted molar refractivity (Wildman–Crippen MR) is 157 cm³/mol. The zero-order valence-corrected chi connectivity index (χ0v) is 22.3. The normalized spacial score (nSPS) is 13.1. The van der Waals surface area contributed by atoms with Gasteiger partial charge in [-0.2, -0.15) is 0 Å². The molecular formula is C32H26N2O2S2. The van der Waals surface area contributed by atoms with Crippen molar-refractivity contribution in [3.8, 4) is 10.6 Å². The van der Waals surface area contributed by atoms with Crippen LogP contribution in [0.2, 0.25) is 0 Å². The number of hydrogen-bond acceptors (Lipinski definition) is 4. The maximum Gasteiger partial charge on any atom is 0.271 e. The number of rotatable bonds is 5. The molecule has 2 heterocycles. The predicted octanol–water partition coefficient (Wildman–Crippen LogP) is 7.69. The quantitative estimate of drug-likeness (QED) is 0.251. The van der Waals surface area contributed by atoms with Crippen LogP contribution in [0.25, 0.3) is 22.2 Å². The highest BCUT2D eigenvalue weighted by Gasteiger charge is 2.19. The number of fused-ring (bicyclic) bond motifs is 2. The fraction of sp³-hybridized carbons (Fsp3) is 0.0938. The van der Waals surface area contributed by atoms with Crippen molar-refractivity contribution in [3.63, 3.8) is 0 Å². The summed E-state index contributed by atoms with van der Waals surface area (Å²) in [6, 6.07) is 33.8. The molecule has 1 aliphatic rings. The zero-order chi connectivity index (χ0) is 26.0. The number of aryl methyl sites for hydroxylation is 2. The Morgan fingerprint density at radius 2 is 1.39 bits per heavy atom. The molecule has 38 heavy (non-hydrogen) atoms. The molecule has 6 heteroatoms. The monoisotopic (exact) mass is 534 g/mol. The van der Waals surface area contributed by atoms with Gasteiger partial charge >= 0.3 is 0 Å². The fourth-order valence-electron chi connectivity index (χ4n) is 4.90. The minimum atomic E-state index is -3.70. The molecule has 0 saturated heterocycles. The van der Waals surface area contributed by atoms with Crippen LogP contribution in [0, 0.1) is 0 Å². The molecule has 4 nitrogen and oxygen atoms in total. The number of sulfonamides is 1. The van der Waals surface area contributed by atoms with Crippen molar-refractivity contribution in [2.45, 2.75) is 23.5 Å². The van der Waals surface area contributed by atoms with E-state index < -0.39 is 10.0 Å². The molecule has 1 N–H and O–H groups in total. The third-order valence-electron chi connectivity index (χ3n) is 6.74. The number of hydrogen-bond donors (Lipinski definition) is 1. The van der Waals surface area contributed by atoms with Gasteiger partial charge in [-0.3, -0.25) is 9.71 Å². The minimum absolute atomic E-state index is 0.257. The highest BCUT2D eigenvalue weighted by molar-refractivity contribution is 7.94. The second-order valence-corrected chi connectivity index (χ2v) is 12.3. The van der Waals surface area contributed by atoms with E-state index in [9.17, 15) is 8.42 Å². The average Bonchev–Trinajstić information content (AvgIpc) is 3.45. The summed E-state index contributed by atoms with van der Waals surface area (Å²) in [5, 5.41) is 0. The van der Waals surface area contributed by atoms with Gasteiger partial charge in [-0.15, -0.1) is 11.3 Å². The van der Waals surface area contributed by atoms with Crippen molar-refractivity contribution in [1.29, 1.82) is 0 Å². The van der Waals surface area contributed by atoms with Crippen LogP contribution in [0.15, 0.2) is 114 Å². The van der Waals surface area contributed by atoms with Crippen LogP contribution in [0.3, 0.4) is 0 Å². The van der Waals surface area contributed by atoms with E-state index in [1.807, 2.05) is 42.5 Å². The maximum atomic E-state index is 13.1. The van der Waals surface area contributed by atoms with Gasteiger partial charge < -0.3 is 0 Å². The van der Waals surface area contributed by atoms with Gasteiger partial charge in [-0.05, 0) is 95.1 Å². The molecule has 0 unspecified atom stereocenters. The lowest BCUT2D eigenvalue weighted by molar-refractivity contribution is 0.603. The van der Waals surface area contributed by atoms with Crippen molar-refractivity contribution >= 4 is 38.7 Å². The molecule has 0 saturated carbocycles. The molecule has 0 fully saturated rings. The van der Waals surface area contributed by atoms with E-state index >= 15 is 0 Å². The van der Waals surface area contributed by atoms with Gasteiger partial charge in [0, 0.05) is 11.9 Å².